The second kappa shape index (κ2) is 10.00. The summed E-state index contributed by atoms with van der Waals surface area (Å²) in [6.45, 7) is -0.117. The average molecular weight is 710 g/mol. The van der Waals surface area contributed by atoms with Crippen molar-refractivity contribution >= 4 is 116 Å². The van der Waals surface area contributed by atoms with Gasteiger partial charge in [-0.25, -0.2) is 0 Å². The zero-order valence-corrected chi connectivity index (χ0v) is 30.0. The van der Waals surface area contributed by atoms with E-state index in [-0.39, 0.29) is 6.71 Å². The Morgan fingerprint density at radius 1 is 0.446 bits per heavy atom. The monoisotopic (exact) mass is 709 g/mol. The first-order valence-electron chi connectivity index (χ1n) is 19.2. The van der Waals surface area contributed by atoms with Gasteiger partial charge in [0.1, 0.15) is 0 Å². The molecule has 0 spiro atoms. The number of fused-ring (bicyclic) bond motifs is 8. The van der Waals surface area contributed by atoms with E-state index in [0.29, 0.717) is 0 Å². The highest BCUT2D eigenvalue weighted by Gasteiger charge is 2.41. The molecule has 6 heteroatoms. The Morgan fingerprint density at radius 2 is 0.893 bits per heavy atom. The fraction of sp³-hybridized carbons (Fsp3) is 0. The van der Waals surface area contributed by atoms with Crippen LogP contribution in [0.25, 0.3) is 109 Å². The highest BCUT2D eigenvalue weighted by Crippen LogP contribution is 2.43. The minimum Gasteiger partial charge on any atom is -0.399 e. The third-order valence-corrected chi connectivity index (χ3v) is 12.8. The number of anilines is 1. The molecule has 0 fully saturated rings. The van der Waals surface area contributed by atoms with Crippen molar-refractivity contribution in [2.45, 2.75) is 0 Å². The molecule has 0 amide bonds. The molecule has 256 valence electrons. The first kappa shape index (κ1) is 29.0. The molecule has 0 unspecified atom stereocenters. The summed E-state index contributed by atoms with van der Waals surface area (Å²) in [5, 5.41) is 12.2. The van der Waals surface area contributed by atoms with Crippen LogP contribution < -0.4 is 22.1 Å². The molecular formula is C50H28BN5. The molecule has 0 radical (unpaired) electrons. The standard InChI is InChI=1S/C50H28BN5/c52-31-21-19-27(20-22-31)30-23-42-48-43(24-30)56-41-18-4-10-29-8-2-12-33(45(29)41)35-14-6-16-39-47(35)50(56)37(26-54-39)51(48)36-25-53-38-15-5-13-34-32-11-1-7-28-9-3-17-40(44(28)32)55(42)49(36)46(34)38/h1-26H,52H2. The van der Waals surface area contributed by atoms with Crippen molar-refractivity contribution in [1.82, 2.24) is 19.1 Å². The number of hydrogen-bond acceptors (Lipinski definition) is 3. The van der Waals surface area contributed by atoms with Crippen LogP contribution in [0.3, 0.4) is 0 Å². The summed E-state index contributed by atoms with van der Waals surface area (Å²) >= 11 is 0. The fourth-order valence-electron chi connectivity index (χ4n) is 10.7. The lowest BCUT2D eigenvalue weighted by Gasteiger charge is -2.35. The highest BCUT2D eigenvalue weighted by molar-refractivity contribution is 7.00. The molecule has 12 aromatic rings. The molecule has 0 saturated heterocycles. The molecular weight excluding hydrogens is 681 g/mol. The van der Waals surface area contributed by atoms with Crippen LogP contribution >= 0.6 is 0 Å². The number of nitrogens with two attached hydrogens (primary N) is 1. The Kier molecular flexibility index (Phi) is 5.18. The second-order valence-corrected chi connectivity index (χ2v) is 15.5. The van der Waals surface area contributed by atoms with Crippen molar-refractivity contribution in [1.29, 1.82) is 0 Å². The van der Waals surface area contributed by atoms with Gasteiger partial charge < -0.3 is 14.9 Å². The lowest BCUT2D eigenvalue weighted by Crippen LogP contribution is -2.60. The largest absolute Gasteiger partial charge is 0.399 e. The van der Waals surface area contributed by atoms with Crippen LogP contribution in [0.15, 0.2) is 158 Å². The fourth-order valence-corrected chi connectivity index (χ4v) is 10.7. The summed E-state index contributed by atoms with van der Waals surface area (Å²) in [4.78, 5) is 10.6. The van der Waals surface area contributed by atoms with Crippen molar-refractivity contribution in [3.63, 3.8) is 0 Å². The Morgan fingerprint density at radius 3 is 1.39 bits per heavy atom. The van der Waals surface area contributed by atoms with Gasteiger partial charge in [-0.05, 0) is 108 Å². The topological polar surface area (TPSA) is 61.7 Å². The van der Waals surface area contributed by atoms with Crippen LogP contribution in [0.5, 0.6) is 0 Å². The summed E-state index contributed by atoms with van der Waals surface area (Å²) in [6, 6.07) is 53.3. The van der Waals surface area contributed by atoms with Crippen molar-refractivity contribution < 1.29 is 0 Å². The van der Waals surface area contributed by atoms with Gasteiger partial charge in [-0.1, -0.05) is 97.1 Å². The van der Waals surface area contributed by atoms with Gasteiger partial charge in [0.25, 0.3) is 6.71 Å². The number of rotatable bonds is 1. The van der Waals surface area contributed by atoms with Gasteiger partial charge in [-0.2, -0.15) is 0 Å². The van der Waals surface area contributed by atoms with Gasteiger partial charge >= 0.3 is 0 Å². The predicted molar refractivity (Wildman–Crippen MR) is 235 cm³/mol. The third kappa shape index (κ3) is 3.40. The van der Waals surface area contributed by atoms with Gasteiger partial charge in [-0.3, -0.25) is 9.97 Å². The van der Waals surface area contributed by atoms with Gasteiger partial charge in [0.2, 0.25) is 0 Å². The maximum atomic E-state index is 6.29. The molecule has 8 aromatic carbocycles. The molecule has 2 N–H and O–H groups in total. The second-order valence-electron chi connectivity index (χ2n) is 15.5. The first-order valence-corrected chi connectivity index (χ1v) is 19.2. The van der Waals surface area contributed by atoms with E-state index in [1.165, 1.54) is 104 Å². The Bertz CT molecular complexity index is 3550. The van der Waals surface area contributed by atoms with Crippen LogP contribution in [0.4, 0.5) is 5.69 Å². The smallest absolute Gasteiger partial charge is 0.256 e. The van der Waals surface area contributed by atoms with E-state index in [0.717, 1.165) is 27.8 Å². The van der Waals surface area contributed by atoms with Gasteiger partial charge in [0.05, 0.1) is 33.1 Å². The van der Waals surface area contributed by atoms with Crippen LogP contribution in [0, 0.1) is 0 Å². The Balaban J connectivity index is 1.31. The maximum absolute atomic E-state index is 6.29. The summed E-state index contributed by atoms with van der Waals surface area (Å²) in [5.41, 5.74) is 22.0. The molecule has 0 saturated carbocycles. The van der Waals surface area contributed by atoms with E-state index in [2.05, 4.69) is 155 Å². The summed E-state index contributed by atoms with van der Waals surface area (Å²) < 4.78 is 5.13. The zero-order valence-electron chi connectivity index (χ0n) is 30.0. The van der Waals surface area contributed by atoms with Crippen molar-refractivity contribution in [2.24, 2.45) is 0 Å². The number of hydrogen-bond donors (Lipinski definition) is 1. The predicted octanol–water partition coefficient (Wildman–Crippen LogP) is 9.68. The lowest BCUT2D eigenvalue weighted by atomic mass is 9.34. The molecule has 2 aliphatic rings. The van der Waals surface area contributed by atoms with E-state index in [1.54, 1.807) is 0 Å². The summed E-state index contributed by atoms with van der Waals surface area (Å²) in [5.74, 6) is 0. The quantitative estimate of drug-likeness (QED) is 0.136. The normalized spacial score (nSPS) is 13.0. The number of benzene rings is 8. The van der Waals surface area contributed by atoms with E-state index >= 15 is 0 Å². The van der Waals surface area contributed by atoms with E-state index in [9.17, 15) is 0 Å². The van der Waals surface area contributed by atoms with Crippen molar-refractivity contribution in [3.05, 3.63) is 158 Å². The molecule has 2 aliphatic heterocycles. The van der Waals surface area contributed by atoms with Crippen molar-refractivity contribution in [3.8, 4) is 22.5 Å². The SMILES string of the molecule is Nc1ccc(-c2cc3c4c(c2)-n2c5cccc6cccc(c7cccc8ncc(c2c87)B4c2cnc4cccc7c8cccc9cccc(c98)n-3c2c47)c65)cc1. The van der Waals surface area contributed by atoms with Gasteiger partial charge in [0, 0.05) is 51.0 Å². The minimum atomic E-state index is -0.117. The number of pyridine rings is 2. The summed E-state index contributed by atoms with van der Waals surface area (Å²) in [7, 11) is 0. The van der Waals surface area contributed by atoms with Gasteiger partial charge in [0.15, 0.2) is 0 Å². The van der Waals surface area contributed by atoms with E-state index in [1.807, 2.05) is 12.1 Å². The molecule has 4 aromatic heterocycles. The number of aromatic nitrogens is 4. The summed E-state index contributed by atoms with van der Waals surface area (Å²) in [6.07, 6.45) is 4.31. The van der Waals surface area contributed by atoms with Crippen LogP contribution in [0.1, 0.15) is 0 Å². The molecule has 56 heavy (non-hydrogen) atoms. The Hall–Kier alpha value is -7.44. The molecule has 14 rings (SSSR count). The molecule has 0 aliphatic carbocycles. The average Bonchev–Trinajstić information content (AvgIpc) is 3.46. The van der Waals surface area contributed by atoms with Crippen molar-refractivity contribution in [2.75, 3.05) is 5.73 Å². The number of nitrogen functional groups attached to an aromatic ring is 1. The molecule has 6 heterocycles. The Labute approximate surface area is 319 Å². The lowest BCUT2D eigenvalue weighted by molar-refractivity contribution is 1.13. The van der Waals surface area contributed by atoms with E-state index < -0.39 is 0 Å². The number of nitrogens with zero attached hydrogens (tertiary/aromatic N) is 4. The van der Waals surface area contributed by atoms with Crippen LogP contribution in [-0.4, -0.2) is 25.8 Å². The minimum absolute atomic E-state index is 0.117. The highest BCUT2D eigenvalue weighted by atomic mass is 15.0. The molecule has 5 nitrogen and oxygen atoms in total. The first-order chi connectivity index (χ1) is 27.7. The third-order valence-electron chi connectivity index (χ3n) is 12.8. The molecule has 0 bridgehead atoms. The van der Waals surface area contributed by atoms with Crippen LogP contribution in [-0.2, 0) is 0 Å². The molecule has 0 atom stereocenters. The van der Waals surface area contributed by atoms with E-state index in [4.69, 9.17) is 15.7 Å². The van der Waals surface area contributed by atoms with Gasteiger partial charge in [-0.15, -0.1) is 0 Å². The maximum Gasteiger partial charge on any atom is 0.256 e. The zero-order chi connectivity index (χ0) is 36.4. The van der Waals surface area contributed by atoms with Crippen LogP contribution in [0.2, 0.25) is 0 Å².